The first-order chi connectivity index (χ1) is 6.84. The number of aliphatic hydroxyl groups is 1. The van der Waals surface area contributed by atoms with Gasteiger partial charge in [0, 0.05) is 12.6 Å². The second-order valence-electron chi connectivity index (χ2n) is 4.18. The van der Waals surface area contributed by atoms with Crippen molar-refractivity contribution >= 4 is 0 Å². The Morgan fingerprint density at radius 1 is 1.50 bits per heavy atom. The van der Waals surface area contributed by atoms with Gasteiger partial charge in [0.1, 0.15) is 12.2 Å². The molecule has 0 unspecified atom stereocenters. The zero-order valence-electron chi connectivity index (χ0n) is 7.93. The van der Waals surface area contributed by atoms with Crippen LogP contribution in [0.3, 0.4) is 0 Å². The summed E-state index contributed by atoms with van der Waals surface area (Å²) in [5.74, 6) is 0.990. The summed E-state index contributed by atoms with van der Waals surface area (Å²) in [4.78, 5) is 0. The predicted molar refractivity (Wildman–Crippen MR) is 49.7 cm³/mol. The summed E-state index contributed by atoms with van der Waals surface area (Å²) in [7, 11) is 0. The van der Waals surface area contributed by atoms with E-state index in [9.17, 15) is 5.11 Å². The molecular formula is C9H14N4O. The van der Waals surface area contributed by atoms with Gasteiger partial charge in [-0.2, -0.15) is 0 Å². The van der Waals surface area contributed by atoms with Crippen LogP contribution in [0.2, 0.25) is 0 Å². The Morgan fingerprint density at radius 3 is 3.00 bits per heavy atom. The van der Waals surface area contributed by atoms with Crippen molar-refractivity contribution in [2.24, 2.45) is 0 Å². The minimum atomic E-state index is -0.232. The van der Waals surface area contributed by atoms with Gasteiger partial charge in [-0.25, -0.2) is 0 Å². The molecule has 2 atom stereocenters. The lowest BCUT2D eigenvalue weighted by Crippen LogP contribution is -2.18. The van der Waals surface area contributed by atoms with E-state index in [1.807, 2.05) is 0 Å². The van der Waals surface area contributed by atoms with Crippen molar-refractivity contribution in [3.63, 3.8) is 0 Å². The van der Waals surface area contributed by atoms with E-state index in [0.717, 1.165) is 12.2 Å². The van der Waals surface area contributed by atoms with Gasteiger partial charge < -0.3 is 15.0 Å². The Bertz CT molecular complexity index is 333. The lowest BCUT2D eigenvalue weighted by molar-refractivity contribution is 0.192. The molecule has 5 heteroatoms. The van der Waals surface area contributed by atoms with Crippen molar-refractivity contribution in [1.29, 1.82) is 0 Å². The van der Waals surface area contributed by atoms with Gasteiger partial charge in [0.05, 0.1) is 12.1 Å². The molecular weight excluding hydrogens is 180 g/mol. The van der Waals surface area contributed by atoms with Crippen LogP contribution in [0.5, 0.6) is 0 Å². The summed E-state index contributed by atoms with van der Waals surface area (Å²) < 4.78 is 2.15. The van der Waals surface area contributed by atoms with E-state index in [1.54, 1.807) is 6.33 Å². The maximum Gasteiger partial charge on any atom is 0.150 e. The molecule has 2 fully saturated rings. The van der Waals surface area contributed by atoms with Crippen LogP contribution in [0.1, 0.15) is 37.2 Å². The Labute approximate surface area is 82.1 Å². The SMILES string of the molecule is O[C@H]1CN[C@H](c2nncn2C2CC2)C1. The third-order valence-corrected chi connectivity index (χ3v) is 2.96. The highest BCUT2D eigenvalue weighted by Crippen LogP contribution is 2.37. The monoisotopic (exact) mass is 194 g/mol. The molecule has 1 aromatic heterocycles. The van der Waals surface area contributed by atoms with Crippen LogP contribution in [0.25, 0.3) is 0 Å². The molecule has 2 N–H and O–H groups in total. The van der Waals surface area contributed by atoms with Gasteiger partial charge in [-0.05, 0) is 19.3 Å². The molecule has 0 amide bonds. The molecule has 76 valence electrons. The summed E-state index contributed by atoms with van der Waals surface area (Å²) in [6, 6.07) is 0.799. The Morgan fingerprint density at radius 2 is 2.36 bits per heavy atom. The molecule has 3 rings (SSSR count). The molecule has 1 aliphatic carbocycles. The van der Waals surface area contributed by atoms with E-state index in [4.69, 9.17) is 0 Å². The van der Waals surface area contributed by atoms with Crippen molar-refractivity contribution in [2.45, 2.75) is 37.5 Å². The van der Waals surface area contributed by atoms with Gasteiger partial charge >= 0.3 is 0 Å². The van der Waals surface area contributed by atoms with Crippen LogP contribution in [0, 0.1) is 0 Å². The molecule has 5 nitrogen and oxygen atoms in total. The molecule has 1 aromatic rings. The molecule has 14 heavy (non-hydrogen) atoms. The topological polar surface area (TPSA) is 63.0 Å². The summed E-state index contributed by atoms with van der Waals surface area (Å²) in [5, 5.41) is 20.8. The fourth-order valence-corrected chi connectivity index (χ4v) is 2.05. The van der Waals surface area contributed by atoms with Crippen molar-refractivity contribution in [1.82, 2.24) is 20.1 Å². The highest BCUT2D eigenvalue weighted by atomic mass is 16.3. The van der Waals surface area contributed by atoms with Crippen LogP contribution >= 0.6 is 0 Å². The molecule has 0 radical (unpaired) electrons. The molecule has 2 heterocycles. The summed E-state index contributed by atoms with van der Waals surface area (Å²) in [6.45, 7) is 0.669. The van der Waals surface area contributed by atoms with Gasteiger partial charge in [0.15, 0.2) is 0 Å². The maximum atomic E-state index is 9.42. The number of rotatable bonds is 2. The zero-order chi connectivity index (χ0) is 9.54. The fraction of sp³-hybridized carbons (Fsp3) is 0.778. The van der Waals surface area contributed by atoms with Crippen LogP contribution < -0.4 is 5.32 Å². The molecule has 1 aliphatic heterocycles. The maximum absolute atomic E-state index is 9.42. The van der Waals surface area contributed by atoms with E-state index in [-0.39, 0.29) is 12.1 Å². The quantitative estimate of drug-likeness (QED) is 0.696. The van der Waals surface area contributed by atoms with Crippen molar-refractivity contribution in [2.75, 3.05) is 6.54 Å². The minimum absolute atomic E-state index is 0.188. The van der Waals surface area contributed by atoms with Gasteiger partial charge in [-0.3, -0.25) is 0 Å². The van der Waals surface area contributed by atoms with E-state index in [0.29, 0.717) is 12.6 Å². The first kappa shape index (κ1) is 8.38. The Balaban J connectivity index is 1.84. The molecule has 0 bridgehead atoms. The number of aromatic nitrogens is 3. The third kappa shape index (κ3) is 1.33. The third-order valence-electron chi connectivity index (χ3n) is 2.96. The summed E-state index contributed by atoms with van der Waals surface area (Å²) in [5.41, 5.74) is 0. The highest BCUT2D eigenvalue weighted by molar-refractivity contribution is 5.03. The summed E-state index contributed by atoms with van der Waals surface area (Å²) in [6.07, 6.45) is 4.80. The van der Waals surface area contributed by atoms with Gasteiger partial charge in [-0.1, -0.05) is 0 Å². The van der Waals surface area contributed by atoms with Crippen LogP contribution in [0.4, 0.5) is 0 Å². The van der Waals surface area contributed by atoms with E-state index < -0.39 is 0 Å². The Hall–Kier alpha value is -0.940. The number of nitrogens with zero attached hydrogens (tertiary/aromatic N) is 3. The zero-order valence-corrected chi connectivity index (χ0v) is 7.93. The molecule has 0 spiro atoms. The average molecular weight is 194 g/mol. The van der Waals surface area contributed by atoms with Crippen LogP contribution in [-0.4, -0.2) is 32.5 Å². The standard InChI is InChI=1S/C9H14N4O/c14-7-3-8(10-4-7)9-12-11-5-13(9)6-1-2-6/h5-8,10,14H,1-4H2/t7-,8+/m1/s1. The second-order valence-corrected chi connectivity index (χ2v) is 4.18. The van der Waals surface area contributed by atoms with Crippen LogP contribution in [0.15, 0.2) is 6.33 Å². The molecule has 2 aliphatic rings. The lowest BCUT2D eigenvalue weighted by Gasteiger charge is -2.10. The van der Waals surface area contributed by atoms with Crippen molar-refractivity contribution < 1.29 is 5.11 Å². The number of aliphatic hydroxyl groups excluding tert-OH is 1. The van der Waals surface area contributed by atoms with Crippen LogP contribution in [-0.2, 0) is 0 Å². The molecule has 1 saturated heterocycles. The molecule has 1 saturated carbocycles. The van der Waals surface area contributed by atoms with E-state index in [1.165, 1.54) is 12.8 Å². The van der Waals surface area contributed by atoms with Gasteiger partial charge in [-0.15, -0.1) is 10.2 Å². The normalized spacial score (nSPS) is 32.4. The summed E-state index contributed by atoms with van der Waals surface area (Å²) >= 11 is 0. The molecule has 0 aromatic carbocycles. The van der Waals surface area contributed by atoms with Gasteiger partial charge in [0.2, 0.25) is 0 Å². The number of nitrogens with one attached hydrogen (secondary N) is 1. The first-order valence-electron chi connectivity index (χ1n) is 5.15. The van der Waals surface area contributed by atoms with E-state index >= 15 is 0 Å². The van der Waals surface area contributed by atoms with Crippen molar-refractivity contribution in [3.05, 3.63) is 12.2 Å². The number of β-amino-alcohol motifs (C(OH)–C–C–N with tert-alkyl or cyclic N) is 1. The second kappa shape index (κ2) is 3.03. The largest absolute Gasteiger partial charge is 0.392 e. The fourth-order valence-electron chi connectivity index (χ4n) is 2.05. The number of hydrogen-bond donors (Lipinski definition) is 2. The highest BCUT2D eigenvalue weighted by Gasteiger charge is 2.32. The first-order valence-corrected chi connectivity index (χ1v) is 5.15. The van der Waals surface area contributed by atoms with E-state index in [2.05, 4.69) is 20.1 Å². The lowest BCUT2D eigenvalue weighted by atomic mass is 10.2. The Kier molecular flexibility index (Phi) is 1.81. The smallest absolute Gasteiger partial charge is 0.150 e. The predicted octanol–water partition coefficient (Wildman–Crippen LogP) is 0.00830. The average Bonchev–Trinajstić information content (AvgIpc) is 2.75. The number of hydrogen-bond acceptors (Lipinski definition) is 4. The van der Waals surface area contributed by atoms with Crippen molar-refractivity contribution in [3.8, 4) is 0 Å². The minimum Gasteiger partial charge on any atom is -0.392 e. The van der Waals surface area contributed by atoms with Gasteiger partial charge in [0.25, 0.3) is 0 Å².